The van der Waals surface area contributed by atoms with E-state index >= 15 is 0 Å². The first kappa shape index (κ1) is 11.6. The molecule has 2 rings (SSSR count). The predicted molar refractivity (Wildman–Crippen MR) is 55.6 cm³/mol. The Morgan fingerprint density at radius 3 is 2.87 bits per heavy atom. The molecular formula is C9H10ClNO4. The number of carboxylic acids is 1. The van der Waals surface area contributed by atoms with Gasteiger partial charge < -0.3 is 21.1 Å². The third kappa shape index (κ3) is 1.71. The molecular weight excluding hydrogens is 222 g/mol. The highest BCUT2D eigenvalue weighted by Gasteiger charge is 2.24. The molecule has 0 saturated heterocycles. The summed E-state index contributed by atoms with van der Waals surface area (Å²) in [4.78, 5) is 10.8. The van der Waals surface area contributed by atoms with Crippen molar-refractivity contribution in [2.75, 3.05) is 12.3 Å². The van der Waals surface area contributed by atoms with Crippen molar-refractivity contribution in [2.24, 2.45) is 0 Å². The number of anilines is 1. The summed E-state index contributed by atoms with van der Waals surface area (Å²) in [5, 5.41) is 9.15. The summed E-state index contributed by atoms with van der Waals surface area (Å²) in [6.07, 6.45) is 0.613. The quantitative estimate of drug-likeness (QED) is 0.695. The van der Waals surface area contributed by atoms with Crippen molar-refractivity contribution in [3.63, 3.8) is 0 Å². The Morgan fingerprint density at radius 2 is 2.27 bits per heavy atom. The van der Waals surface area contributed by atoms with Crippen molar-refractivity contribution < 1.29 is 20.1 Å². The molecule has 0 bridgehead atoms. The van der Waals surface area contributed by atoms with Crippen LogP contribution >= 0.6 is 11.6 Å². The van der Waals surface area contributed by atoms with Gasteiger partial charge >= 0.3 is 5.97 Å². The van der Waals surface area contributed by atoms with E-state index in [1.807, 2.05) is 0 Å². The normalized spacial score (nSPS) is 12.6. The first-order valence-electron chi connectivity index (χ1n) is 4.08. The van der Waals surface area contributed by atoms with Crippen LogP contribution in [0.3, 0.4) is 0 Å². The molecule has 0 aromatic heterocycles. The molecule has 0 aliphatic carbocycles. The van der Waals surface area contributed by atoms with Crippen molar-refractivity contribution in [1.29, 1.82) is 0 Å². The van der Waals surface area contributed by atoms with E-state index in [1.54, 1.807) is 0 Å². The second kappa shape index (κ2) is 3.96. The van der Waals surface area contributed by atoms with Gasteiger partial charge in [-0.25, -0.2) is 4.79 Å². The average molecular weight is 232 g/mol. The number of rotatable bonds is 1. The molecule has 0 amide bonds. The van der Waals surface area contributed by atoms with Crippen LogP contribution in [0.1, 0.15) is 15.9 Å². The van der Waals surface area contributed by atoms with Gasteiger partial charge in [-0.2, -0.15) is 0 Å². The zero-order chi connectivity index (χ0) is 10.3. The molecule has 0 radical (unpaired) electrons. The standard InChI is InChI=1S/C9H8ClNO3.H2O/c10-6-3-5(9(12)13)8-4(7(6)11)1-2-14-8;/h3H,1-2,11H2,(H,12,13);1H2. The van der Waals surface area contributed by atoms with Gasteiger partial charge in [0, 0.05) is 12.0 Å². The van der Waals surface area contributed by atoms with Crippen LogP contribution in [0.25, 0.3) is 0 Å². The summed E-state index contributed by atoms with van der Waals surface area (Å²) in [5.74, 6) is -0.690. The van der Waals surface area contributed by atoms with Crippen LogP contribution in [-0.2, 0) is 6.42 Å². The van der Waals surface area contributed by atoms with Crippen molar-refractivity contribution in [3.8, 4) is 5.75 Å². The Hall–Kier alpha value is -1.46. The monoisotopic (exact) mass is 231 g/mol. The highest BCUT2D eigenvalue weighted by atomic mass is 35.5. The van der Waals surface area contributed by atoms with E-state index in [-0.39, 0.29) is 16.1 Å². The van der Waals surface area contributed by atoms with Crippen LogP contribution in [0.2, 0.25) is 5.02 Å². The topological polar surface area (TPSA) is 104 Å². The van der Waals surface area contributed by atoms with Gasteiger partial charge in [-0.05, 0) is 6.07 Å². The van der Waals surface area contributed by atoms with E-state index < -0.39 is 5.97 Å². The molecule has 0 fully saturated rings. The smallest absolute Gasteiger partial charge is 0.339 e. The number of carboxylic acid groups (broad SMARTS) is 1. The lowest BCUT2D eigenvalue weighted by Gasteiger charge is -2.07. The molecule has 0 spiro atoms. The van der Waals surface area contributed by atoms with Crippen molar-refractivity contribution in [3.05, 3.63) is 22.2 Å². The Kier molecular flexibility index (Phi) is 3.06. The average Bonchev–Trinajstić information content (AvgIpc) is 2.59. The van der Waals surface area contributed by atoms with Crippen LogP contribution in [0.4, 0.5) is 5.69 Å². The van der Waals surface area contributed by atoms with Crippen LogP contribution in [0.15, 0.2) is 6.07 Å². The van der Waals surface area contributed by atoms with Gasteiger partial charge in [0.1, 0.15) is 11.3 Å². The minimum atomic E-state index is -1.05. The molecule has 1 aromatic carbocycles. The molecule has 6 heteroatoms. The fourth-order valence-corrected chi connectivity index (χ4v) is 1.75. The second-order valence-electron chi connectivity index (χ2n) is 3.03. The van der Waals surface area contributed by atoms with E-state index in [1.165, 1.54) is 6.07 Å². The third-order valence-corrected chi connectivity index (χ3v) is 2.51. The maximum Gasteiger partial charge on any atom is 0.339 e. The minimum absolute atomic E-state index is 0. The van der Waals surface area contributed by atoms with E-state index in [0.29, 0.717) is 30.0 Å². The Morgan fingerprint density at radius 1 is 1.60 bits per heavy atom. The number of hydrogen-bond acceptors (Lipinski definition) is 3. The van der Waals surface area contributed by atoms with Gasteiger partial charge in [0.25, 0.3) is 0 Å². The first-order chi connectivity index (χ1) is 6.61. The zero-order valence-corrected chi connectivity index (χ0v) is 8.47. The first-order valence-corrected chi connectivity index (χ1v) is 4.46. The number of benzene rings is 1. The molecule has 15 heavy (non-hydrogen) atoms. The zero-order valence-electron chi connectivity index (χ0n) is 7.71. The molecule has 0 saturated carbocycles. The number of fused-ring (bicyclic) bond motifs is 1. The van der Waals surface area contributed by atoms with Crippen LogP contribution in [0.5, 0.6) is 5.75 Å². The number of nitrogens with two attached hydrogens (primary N) is 1. The maximum atomic E-state index is 10.8. The minimum Gasteiger partial charge on any atom is -0.492 e. The lowest BCUT2D eigenvalue weighted by atomic mass is 10.1. The number of halogens is 1. The summed E-state index contributed by atoms with van der Waals surface area (Å²) < 4.78 is 5.21. The fourth-order valence-electron chi connectivity index (χ4n) is 1.53. The molecule has 82 valence electrons. The van der Waals surface area contributed by atoms with Crippen molar-refractivity contribution in [2.45, 2.75) is 6.42 Å². The lowest BCUT2D eigenvalue weighted by molar-refractivity contribution is 0.0693. The highest BCUT2D eigenvalue weighted by Crippen LogP contribution is 2.38. The number of aromatic carboxylic acids is 1. The summed E-state index contributed by atoms with van der Waals surface area (Å²) in [6, 6.07) is 1.32. The number of ether oxygens (including phenoxy) is 1. The fraction of sp³-hybridized carbons (Fsp3) is 0.222. The van der Waals surface area contributed by atoms with E-state index in [0.717, 1.165) is 0 Å². The van der Waals surface area contributed by atoms with E-state index in [4.69, 9.17) is 27.2 Å². The van der Waals surface area contributed by atoms with Crippen molar-refractivity contribution >= 4 is 23.3 Å². The highest BCUT2D eigenvalue weighted by molar-refractivity contribution is 6.33. The van der Waals surface area contributed by atoms with Gasteiger partial charge in [-0.3, -0.25) is 0 Å². The summed E-state index contributed by atoms with van der Waals surface area (Å²) in [6.45, 7) is 0.458. The third-order valence-electron chi connectivity index (χ3n) is 2.20. The largest absolute Gasteiger partial charge is 0.492 e. The van der Waals surface area contributed by atoms with Gasteiger partial charge in [-0.1, -0.05) is 11.6 Å². The molecule has 5 N–H and O–H groups in total. The molecule has 5 nitrogen and oxygen atoms in total. The lowest BCUT2D eigenvalue weighted by Crippen LogP contribution is -2.02. The molecule has 0 unspecified atom stereocenters. The van der Waals surface area contributed by atoms with Gasteiger partial charge in [0.15, 0.2) is 0 Å². The van der Waals surface area contributed by atoms with E-state index in [9.17, 15) is 4.79 Å². The molecule has 1 aliphatic rings. The van der Waals surface area contributed by atoms with Gasteiger partial charge in [-0.15, -0.1) is 0 Å². The SMILES string of the molecule is Nc1c(Cl)cc(C(=O)O)c2c1CCO2.O. The van der Waals surface area contributed by atoms with Gasteiger partial charge in [0.2, 0.25) is 0 Å². The molecule has 1 aromatic rings. The van der Waals surface area contributed by atoms with Crippen LogP contribution in [-0.4, -0.2) is 23.2 Å². The summed E-state index contributed by atoms with van der Waals surface area (Å²) >= 11 is 5.80. The summed E-state index contributed by atoms with van der Waals surface area (Å²) in [7, 11) is 0. The number of hydrogen-bond donors (Lipinski definition) is 2. The Bertz CT molecular complexity index is 419. The second-order valence-corrected chi connectivity index (χ2v) is 3.44. The molecule has 0 atom stereocenters. The number of nitrogen functional groups attached to an aromatic ring is 1. The van der Waals surface area contributed by atoms with E-state index in [2.05, 4.69) is 0 Å². The van der Waals surface area contributed by atoms with Crippen molar-refractivity contribution in [1.82, 2.24) is 0 Å². The number of carbonyl (C=O) groups is 1. The molecule has 1 heterocycles. The molecule has 1 aliphatic heterocycles. The van der Waals surface area contributed by atoms with Crippen LogP contribution in [0, 0.1) is 0 Å². The maximum absolute atomic E-state index is 10.8. The van der Waals surface area contributed by atoms with Crippen LogP contribution < -0.4 is 10.5 Å². The Balaban J connectivity index is 0.00000112. The predicted octanol–water partition coefficient (Wildman–Crippen LogP) is 0.731. The van der Waals surface area contributed by atoms with Gasteiger partial charge in [0.05, 0.1) is 17.3 Å². The summed E-state index contributed by atoms with van der Waals surface area (Å²) in [5.41, 5.74) is 6.90. The Labute approximate surface area is 90.7 Å².